The van der Waals surface area contributed by atoms with Gasteiger partial charge in [0, 0.05) is 31.1 Å². The number of benzene rings is 1. The van der Waals surface area contributed by atoms with Crippen molar-refractivity contribution in [2.75, 3.05) is 32.8 Å². The predicted octanol–water partition coefficient (Wildman–Crippen LogP) is 2.60. The maximum atomic E-state index is 14.3. The van der Waals surface area contributed by atoms with Gasteiger partial charge in [-0.25, -0.2) is 13.5 Å². The third-order valence-corrected chi connectivity index (χ3v) is 4.96. The molecule has 3 amide bonds. The van der Waals surface area contributed by atoms with E-state index in [9.17, 15) is 23.2 Å². The van der Waals surface area contributed by atoms with E-state index in [0.717, 1.165) is 24.1 Å². The Morgan fingerprint density at radius 2 is 1.92 bits per heavy atom. The zero-order valence-corrected chi connectivity index (χ0v) is 21.5. The molecule has 198 valence electrons. The number of carbonyl (C=O) groups is 3. The Bertz CT molecular complexity index is 1070. The highest BCUT2D eigenvalue weighted by atomic mass is 19.1. The first-order valence-electron chi connectivity index (χ1n) is 12.1. The molecule has 0 spiro atoms. The van der Waals surface area contributed by atoms with E-state index in [1.54, 1.807) is 0 Å². The van der Waals surface area contributed by atoms with Crippen LogP contribution in [0.25, 0.3) is 5.69 Å². The lowest BCUT2D eigenvalue weighted by Crippen LogP contribution is -2.52. The summed E-state index contributed by atoms with van der Waals surface area (Å²) >= 11 is 0. The molecule has 11 heteroatoms. The molecule has 2 aliphatic heterocycles. The fraction of sp³-hybridized carbons (Fsp3) is 0.520. The average Bonchev–Trinajstić information content (AvgIpc) is 3.24. The van der Waals surface area contributed by atoms with Crippen molar-refractivity contribution >= 4 is 17.7 Å². The van der Waals surface area contributed by atoms with Crippen LogP contribution in [0, 0.1) is 17.6 Å². The Balaban J connectivity index is 0.000000694. The average molecular weight is 508 g/mol. The van der Waals surface area contributed by atoms with Gasteiger partial charge in [0.25, 0.3) is 5.91 Å². The second-order valence-electron chi connectivity index (χ2n) is 8.66. The number of ether oxygens (including phenoxy) is 1. The van der Waals surface area contributed by atoms with Gasteiger partial charge in [0.2, 0.25) is 11.8 Å². The van der Waals surface area contributed by atoms with Crippen LogP contribution < -0.4 is 10.6 Å². The first kappa shape index (κ1) is 28.9. The molecule has 0 saturated carbocycles. The predicted molar refractivity (Wildman–Crippen MR) is 131 cm³/mol. The normalized spacial score (nSPS) is 14.6. The molecule has 0 radical (unpaired) electrons. The quantitative estimate of drug-likeness (QED) is 0.662. The smallest absolute Gasteiger partial charge is 0.272 e. The van der Waals surface area contributed by atoms with Crippen molar-refractivity contribution in [2.24, 2.45) is 5.92 Å². The molecule has 3 heterocycles. The Kier molecular flexibility index (Phi) is 11.0. The van der Waals surface area contributed by atoms with Crippen LogP contribution in [-0.4, -0.2) is 65.2 Å². The van der Waals surface area contributed by atoms with Gasteiger partial charge >= 0.3 is 0 Å². The Labute approximate surface area is 210 Å². The number of rotatable bonds is 4. The number of amides is 3. The molecule has 1 fully saturated rings. The third kappa shape index (κ3) is 7.58. The minimum absolute atomic E-state index is 0.0162. The maximum absolute atomic E-state index is 14.3. The van der Waals surface area contributed by atoms with Crippen molar-refractivity contribution < 1.29 is 27.9 Å². The lowest BCUT2D eigenvalue weighted by Gasteiger charge is -2.26. The number of carbonyl (C=O) groups excluding carboxylic acids is 3. The number of aromatic nitrogens is 2. The van der Waals surface area contributed by atoms with E-state index in [0.29, 0.717) is 37.4 Å². The van der Waals surface area contributed by atoms with Crippen LogP contribution in [0.5, 0.6) is 0 Å². The van der Waals surface area contributed by atoms with Gasteiger partial charge in [-0.15, -0.1) is 0 Å². The molecule has 4 rings (SSSR count). The standard InChI is InChI=1S/C19H19F2N5O4.C4H10.C2H6/c20-11-1-2-13(21)15(7-11)26-14-3-6-30-10-12(14)18(24-26)19(29)23-8-17(28)25-5-4-22-16(27)9-25;1-4(2)3;1-2/h1-2,7H,3-6,8-10H2,(H,22,27)(H,23,29);4H,1-3H3;1-2H3. The summed E-state index contributed by atoms with van der Waals surface area (Å²) in [5.41, 5.74) is 0.891. The number of nitrogens with zero attached hydrogens (tertiary/aromatic N) is 3. The van der Waals surface area contributed by atoms with Crippen molar-refractivity contribution in [3.05, 3.63) is 46.8 Å². The molecule has 0 unspecified atom stereocenters. The third-order valence-electron chi connectivity index (χ3n) is 4.96. The van der Waals surface area contributed by atoms with E-state index >= 15 is 0 Å². The molecule has 2 N–H and O–H groups in total. The van der Waals surface area contributed by atoms with Gasteiger partial charge in [0.1, 0.15) is 17.3 Å². The van der Waals surface area contributed by atoms with Crippen LogP contribution in [0.2, 0.25) is 0 Å². The number of hydrogen-bond donors (Lipinski definition) is 2. The Morgan fingerprint density at radius 1 is 1.22 bits per heavy atom. The van der Waals surface area contributed by atoms with Crippen LogP contribution in [0.1, 0.15) is 56.4 Å². The van der Waals surface area contributed by atoms with Crippen LogP contribution in [-0.2, 0) is 27.4 Å². The fourth-order valence-electron chi connectivity index (χ4n) is 3.47. The molecule has 36 heavy (non-hydrogen) atoms. The molecule has 2 aliphatic rings. The molecule has 0 bridgehead atoms. The largest absolute Gasteiger partial charge is 0.376 e. The molecule has 1 saturated heterocycles. The number of halogens is 2. The number of hydrogen-bond acceptors (Lipinski definition) is 5. The highest BCUT2D eigenvalue weighted by Gasteiger charge is 2.28. The minimum Gasteiger partial charge on any atom is -0.376 e. The molecule has 1 aromatic carbocycles. The number of nitrogens with one attached hydrogen (secondary N) is 2. The molecule has 1 aromatic heterocycles. The van der Waals surface area contributed by atoms with Crippen LogP contribution in [0.4, 0.5) is 8.78 Å². The van der Waals surface area contributed by atoms with Gasteiger partial charge in [-0.05, 0) is 18.1 Å². The van der Waals surface area contributed by atoms with Crippen molar-refractivity contribution in [1.82, 2.24) is 25.3 Å². The summed E-state index contributed by atoms with van der Waals surface area (Å²) in [5, 5.41) is 9.30. The zero-order valence-electron chi connectivity index (χ0n) is 21.5. The van der Waals surface area contributed by atoms with E-state index in [1.165, 1.54) is 9.58 Å². The summed E-state index contributed by atoms with van der Waals surface area (Å²) in [6.45, 7) is 11.3. The van der Waals surface area contributed by atoms with E-state index in [-0.39, 0.29) is 37.0 Å². The van der Waals surface area contributed by atoms with Gasteiger partial charge in [-0.3, -0.25) is 14.4 Å². The van der Waals surface area contributed by atoms with E-state index in [4.69, 9.17) is 4.74 Å². The van der Waals surface area contributed by atoms with E-state index in [2.05, 4.69) is 36.5 Å². The molecule has 2 aromatic rings. The van der Waals surface area contributed by atoms with Crippen molar-refractivity contribution in [3.63, 3.8) is 0 Å². The minimum atomic E-state index is -0.682. The number of piperazine rings is 1. The van der Waals surface area contributed by atoms with Crippen LogP contribution in [0.3, 0.4) is 0 Å². The summed E-state index contributed by atoms with van der Waals surface area (Å²) in [7, 11) is 0. The van der Waals surface area contributed by atoms with Gasteiger partial charge in [0.15, 0.2) is 5.69 Å². The number of fused-ring (bicyclic) bond motifs is 1. The monoisotopic (exact) mass is 507 g/mol. The summed E-state index contributed by atoms with van der Waals surface area (Å²) in [4.78, 5) is 37.7. The molecule has 0 aliphatic carbocycles. The lowest BCUT2D eigenvalue weighted by molar-refractivity contribution is -0.137. The van der Waals surface area contributed by atoms with Crippen molar-refractivity contribution in [2.45, 2.75) is 47.6 Å². The van der Waals surface area contributed by atoms with Gasteiger partial charge in [-0.2, -0.15) is 5.10 Å². The Hall–Kier alpha value is -3.34. The summed E-state index contributed by atoms with van der Waals surface area (Å²) < 4.78 is 34.6. The second kappa shape index (κ2) is 13.7. The zero-order chi connectivity index (χ0) is 26.8. The Morgan fingerprint density at radius 3 is 2.58 bits per heavy atom. The van der Waals surface area contributed by atoms with Crippen molar-refractivity contribution in [3.8, 4) is 5.69 Å². The topological polar surface area (TPSA) is 106 Å². The summed E-state index contributed by atoms with van der Waals surface area (Å²) in [5.74, 6) is -1.78. The summed E-state index contributed by atoms with van der Waals surface area (Å²) in [6, 6.07) is 2.99. The van der Waals surface area contributed by atoms with Gasteiger partial charge < -0.3 is 20.3 Å². The van der Waals surface area contributed by atoms with Gasteiger partial charge in [-0.1, -0.05) is 34.6 Å². The highest BCUT2D eigenvalue weighted by molar-refractivity contribution is 5.97. The molecule has 0 atom stereocenters. The first-order valence-corrected chi connectivity index (χ1v) is 12.1. The van der Waals surface area contributed by atoms with Crippen molar-refractivity contribution in [1.29, 1.82) is 0 Å². The fourth-order valence-corrected chi connectivity index (χ4v) is 3.47. The molecule has 9 nitrogen and oxygen atoms in total. The highest BCUT2D eigenvalue weighted by Crippen LogP contribution is 2.25. The molecular weight excluding hydrogens is 472 g/mol. The van der Waals surface area contributed by atoms with E-state index < -0.39 is 23.4 Å². The second-order valence-corrected chi connectivity index (χ2v) is 8.66. The van der Waals surface area contributed by atoms with Crippen LogP contribution in [0.15, 0.2) is 18.2 Å². The van der Waals surface area contributed by atoms with Gasteiger partial charge in [0.05, 0.1) is 32.0 Å². The SMILES string of the molecule is CC.CC(C)C.O=C1CN(C(=O)CNC(=O)c2nn(-c3cc(F)ccc3F)c3c2COCC3)CCN1. The first-order chi connectivity index (χ1) is 17.2. The molecular formula is C25H35F2N5O4. The summed E-state index contributed by atoms with van der Waals surface area (Å²) in [6.07, 6.45) is 0.368. The van der Waals surface area contributed by atoms with Crippen LogP contribution >= 0.6 is 0 Å². The lowest BCUT2D eigenvalue weighted by atomic mass is 10.1. The van der Waals surface area contributed by atoms with E-state index in [1.807, 2.05) is 13.8 Å². The maximum Gasteiger partial charge on any atom is 0.272 e.